The molecule has 1 aromatic heterocycles. The van der Waals surface area contributed by atoms with Gasteiger partial charge in [-0.1, -0.05) is 29.5 Å². The average Bonchev–Trinajstić information content (AvgIpc) is 3.05. The Kier molecular flexibility index (Phi) is 4.82. The summed E-state index contributed by atoms with van der Waals surface area (Å²) < 4.78 is 31.0. The molecule has 1 aliphatic heterocycles. The molecule has 0 N–H and O–H groups in total. The van der Waals surface area contributed by atoms with E-state index in [0.29, 0.717) is 17.7 Å². The van der Waals surface area contributed by atoms with Gasteiger partial charge in [-0.05, 0) is 25.0 Å². The topological polar surface area (TPSA) is 38.2 Å². The Morgan fingerprint density at radius 3 is 2.82 bits per heavy atom. The number of piperidine rings is 1. The van der Waals surface area contributed by atoms with E-state index in [4.69, 9.17) is 4.74 Å². The van der Waals surface area contributed by atoms with E-state index in [0.717, 1.165) is 43.0 Å². The first-order valence-corrected chi connectivity index (χ1v) is 8.08. The number of anilines is 1. The molecule has 0 bridgehead atoms. The number of alkyl halides is 2. The lowest BCUT2D eigenvalue weighted by molar-refractivity contribution is 0.150. The van der Waals surface area contributed by atoms with Gasteiger partial charge in [0.15, 0.2) is 5.01 Å². The molecule has 1 aliphatic rings. The van der Waals surface area contributed by atoms with E-state index in [-0.39, 0.29) is 5.01 Å². The van der Waals surface area contributed by atoms with E-state index in [1.54, 1.807) is 0 Å². The highest BCUT2D eigenvalue weighted by molar-refractivity contribution is 7.15. The van der Waals surface area contributed by atoms with Crippen molar-refractivity contribution >= 4 is 16.5 Å². The summed E-state index contributed by atoms with van der Waals surface area (Å²) in [7, 11) is 0. The van der Waals surface area contributed by atoms with Crippen molar-refractivity contribution in [2.45, 2.75) is 19.3 Å². The smallest absolute Gasteiger partial charge is 0.291 e. The number of nitrogens with zero attached hydrogens (tertiary/aromatic N) is 3. The van der Waals surface area contributed by atoms with Crippen LogP contribution in [0.5, 0.6) is 5.75 Å². The van der Waals surface area contributed by atoms with E-state index in [2.05, 4.69) is 10.2 Å². The third-order valence-corrected chi connectivity index (χ3v) is 4.63. The summed E-state index contributed by atoms with van der Waals surface area (Å²) in [6, 6.07) is 9.69. The minimum absolute atomic E-state index is 0.211. The first-order valence-electron chi connectivity index (χ1n) is 7.26. The molecular formula is C15H17F2N3OS. The predicted octanol–water partition coefficient (Wildman–Crippen LogP) is 3.77. The molecule has 0 aliphatic carbocycles. The molecule has 118 valence electrons. The number of halogens is 2. The molecule has 0 radical (unpaired) electrons. The van der Waals surface area contributed by atoms with Crippen LogP contribution in [0.3, 0.4) is 0 Å². The zero-order chi connectivity index (χ0) is 15.4. The lowest BCUT2D eigenvalue weighted by Gasteiger charge is -2.32. The van der Waals surface area contributed by atoms with Gasteiger partial charge in [0.05, 0.1) is 6.61 Å². The minimum atomic E-state index is -2.55. The molecule has 1 aromatic carbocycles. The summed E-state index contributed by atoms with van der Waals surface area (Å²) in [5.74, 6) is 1.23. The normalized spacial score (nSPS) is 18.7. The van der Waals surface area contributed by atoms with Crippen LogP contribution in [0.1, 0.15) is 24.3 Å². The van der Waals surface area contributed by atoms with Crippen molar-refractivity contribution in [2.75, 3.05) is 24.6 Å². The van der Waals surface area contributed by atoms with Gasteiger partial charge in [0, 0.05) is 19.0 Å². The van der Waals surface area contributed by atoms with Gasteiger partial charge < -0.3 is 9.64 Å². The van der Waals surface area contributed by atoms with Gasteiger partial charge in [-0.25, -0.2) is 8.78 Å². The van der Waals surface area contributed by atoms with Crippen LogP contribution in [0.4, 0.5) is 13.9 Å². The van der Waals surface area contributed by atoms with Crippen molar-refractivity contribution in [1.82, 2.24) is 10.2 Å². The standard InChI is InChI=1S/C15H17F2N3OS/c16-13(17)14-18-19-15(22-14)20-8-4-5-11(9-20)10-21-12-6-2-1-3-7-12/h1-3,6-7,11,13H,4-5,8-10H2/t11-/m0/s1. The Balaban J connectivity index is 1.56. The highest BCUT2D eigenvalue weighted by Gasteiger charge is 2.24. The molecule has 2 heterocycles. The van der Waals surface area contributed by atoms with E-state index in [1.165, 1.54) is 0 Å². The van der Waals surface area contributed by atoms with Crippen molar-refractivity contribution < 1.29 is 13.5 Å². The highest BCUT2D eigenvalue weighted by atomic mass is 32.1. The van der Waals surface area contributed by atoms with Crippen LogP contribution in [0.2, 0.25) is 0 Å². The summed E-state index contributed by atoms with van der Waals surface area (Å²) in [5, 5.41) is 7.82. The van der Waals surface area contributed by atoms with Crippen LogP contribution in [-0.4, -0.2) is 29.9 Å². The van der Waals surface area contributed by atoms with Gasteiger partial charge in [-0.3, -0.25) is 0 Å². The molecule has 7 heteroatoms. The minimum Gasteiger partial charge on any atom is -0.493 e. The number of hydrogen-bond donors (Lipinski definition) is 0. The lowest BCUT2D eigenvalue weighted by atomic mass is 9.99. The molecule has 4 nitrogen and oxygen atoms in total. The van der Waals surface area contributed by atoms with Gasteiger partial charge in [0.1, 0.15) is 5.75 Å². The molecule has 0 spiro atoms. The number of ether oxygens (including phenoxy) is 1. The van der Waals surface area contributed by atoms with Crippen LogP contribution >= 0.6 is 11.3 Å². The van der Waals surface area contributed by atoms with Gasteiger partial charge in [0.2, 0.25) is 5.13 Å². The molecule has 1 fully saturated rings. The maximum Gasteiger partial charge on any atom is 0.291 e. The number of hydrogen-bond acceptors (Lipinski definition) is 5. The summed E-state index contributed by atoms with van der Waals surface area (Å²) in [6.07, 6.45) is -0.468. The molecule has 3 rings (SSSR count). The van der Waals surface area contributed by atoms with Gasteiger partial charge in [-0.15, -0.1) is 10.2 Å². The van der Waals surface area contributed by atoms with E-state index < -0.39 is 6.43 Å². The fourth-order valence-corrected chi connectivity index (χ4v) is 3.28. The van der Waals surface area contributed by atoms with E-state index in [9.17, 15) is 8.78 Å². The second kappa shape index (κ2) is 7.00. The van der Waals surface area contributed by atoms with Crippen LogP contribution in [-0.2, 0) is 0 Å². The average molecular weight is 325 g/mol. The number of para-hydroxylation sites is 1. The van der Waals surface area contributed by atoms with E-state index in [1.807, 2.05) is 35.2 Å². The molecule has 2 aromatic rings. The third kappa shape index (κ3) is 3.71. The highest BCUT2D eigenvalue weighted by Crippen LogP contribution is 2.30. The van der Waals surface area contributed by atoms with Crippen molar-refractivity contribution in [3.8, 4) is 5.75 Å². The zero-order valence-electron chi connectivity index (χ0n) is 12.0. The van der Waals surface area contributed by atoms with Crippen molar-refractivity contribution in [3.05, 3.63) is 35.3 Å². The molecule has 1 saturated heterocycles. The first kappa shape index (κ1) is 15.1. The maximum absolute atomic E-state index is 12.6. The molecule has 0 saturated carbocycles. The monoisotopic (exact) mass is 325 g/mol. The largest absolute Gasteiger partial charge is 0.493 e. The van der Waals surface area contributed by atoms with Crippen molar-refractivity contribution in [3.63, 3.8) is 0 Å². The lowest BCUT2D eigenvalue weighted by Crippen LogP contribution is -2.37. The molecule has 0 amide bonds. The second-order valence-electron chi connectivity index (χ2n) is 5.30. The van der Waals surface area contributed by atoms with Gasteiger partial charge in [0.25, 0.3) is 6.43 Å². The second-order valence-corrected chi connectivity index (χ2v) is 6.29. The fourth-order valence-electron chi connectivity index (χ4n) is 2.55. The number of benzene rings is 1. The summed E-state index contributed by atoms with van der Waals surface area (Å²) in [4.78, 5) is 2.03. The SMILES string of the molecule is FC(F)c1nnc(N2CCC[C@H](COc3ccccc3)C2)s1. The van der Waals surface area contributed by atoms with Crippen molar-refractivity contribution in [1.29, 1.82) is 0 Å². The predicted molar refractivity (Wildman–Crippen MR) is 81.7 cm³/mol. The Bertz CT molecular complexity index is 593. The summed E-state index contributed by atoms with van der Waals surface area (Å²) in [6.45, 7) is 2.23. The Hall–Kier alpha value is -1.76. The third-order valence-electron chi connectivity index (χ3n) is 3.64. The quantitative estimate of drug-likeness (QED) is 0.839. The first-order chi connectivity index (χ1) is 10.7. The van der Waals surface area contributed by atoms with Crippen LogP contribution in [0.15, 0.2) is 30.3 Å². The summed E-state index contributed by atoms with van der Waals surface area (Å²) >= 11 is 0.977. The summed E-state index contributed by atoms with van der Waals surface area (Å²) in [5.41, 5.74) is 0. The Labute approximate surface area is 131 Å². The zero-order valence-corrected chi connectivity index (χ0v) is 12.8. The Morgan fingerprint density at radius 2 is 2.09 bits per heavy atom. The number of aromatic nitrogens is 2. The van der Waals surface area contributed by atoms with Gasteiger partial charge in [-0.2, -0.15) is 0 Å². The molecule has 1 atom stereocenters. The van der Waals surface area contributed by atoms with Crippen LogP contribution in [0.25, 0.3) is 0 Å². The maximum atomic E-state index is 12.6. The number of rotatable bonds is 5. The Morgan fingerprint density at radius 1 is 1.27 bits per heavy atom. The van der Waals surface area contributed by atoms with Crippen LogP contribution < -0.4 is 9.64 Å². The van der Waals surface area contributed by atoms with Crippen LogP contribution in [0, 0.1) is 5.92 Å². The molecule has 22 heavy (non-hydrogen) atoms. The van der Waals surface area contributed by atoms with Crippen molar-refractivity contribution in [2.24, 2.45) is 5.92 Å². The fraction of sp³-hybridized carbons (Fsp3) is 0.467. The van der Waals surface area contributed by atoms with E-state index >= 15 is 0 Å². The molecular weight excluding hydrogens is 308 g/mol. The molecule has 0 unspecified atom stereocenters. The van der Waals surface area contributed by atoms with Gasteiger partial charge >= 0.3 is 0 Å².